The highest BCUT2D eigenvalue weighted by Crippen LogP contribution is 2.29. The lowest BCUT2D eigenvalue weighted by atomic mass is 10.0. The van der Waals surface area contributed by atoms with Crippen molar-refractivity contribution in [3.05, 3.63) is 78.1 Å². The molecule has 2 heterocycles. The molecule has 4 rings (SSSR count). The van der Waals surface area contributed by atoms with Crippen LogP contribution < -0.4 is 10.1 Å². The third-order valence-corrected chi connectivity index (χ3v) is 5.00. The van der Waals surface area contributed by atoms with Crippen LogP contribution in [0.3, 0.4) is 0 Å². The summed E-state index contributed by atoms with van der Waals surface area (Å²) in [6.07, 6.45) is 1.90. The molecule has 1 N–H and O–H groups in total. The van der Waals surface area contributed by atoms with Crippen molar-refractivity contribution in [1.29, 1.82) is 0 Å². The number of benzene rings is 2. The minimum atomic E-state index is -0.363. The summed E-state index contributed by atoms with van der Waals surface area (Å²) in [5.41, 5.74) is 1.98. The van der Waals surface area contributed by atoms with Gasteiger partial charge in [-0.25, -0.2) is 4.68 Å². The van der Waals surface area contributed by atoms with Gasteiger partial charge in [0.2, 0.25) is 5.91 Å². The number of carbonyl (C=O) groups is 2. The number of methoxy groups -OCH3 is 1. The monoisotopic (exact) mass is 390 g/mol. The summed E-state index contributed by atoms with van der Waals surface area (Å²) in [6, 6.07) is 18.8. The van der Waals surface area contributed by atoms with Gasteiger partial charge in [-0.05, 0) is 17.7 Å². The Hall–Kier alpha value is -3.61. The van der Waals surface area contributed by atoms with Crippen LogP contribution in [0.2, 0.25) is 0 Å². The number of hydrogen-bond acceptors (Lipinski definition) is 4. The normalized spacial score (nSPS) is 16.8. The van der Waals surface area contributed by atoms with Crippen molar-refractivity contribution in [2.45, 2.75) is 12.5 Å². The molecule has 0 saturated carbocycles. The number of carbonyl (C=O) groups excluding carboxylic acids is 2. The number of rotatable bonds is 4. The van der Waals surface area contributed by atoms with Crippen LogP contribution in [0, 0.1) is 0 Å². The Morgan fingerprint density at radius 2 is 1.79 bits per heavy atom. The fourth-order valence-corrected chi connectivity index (χ4v) is 3.55. The van der Waals surface area contributed by atoms with Gasteiger partial charge in [-0.1, -0.05) is 48.5 Å². The molecule has 1 fully saturated rings. The molecule has 0 radical (unpaired) electrons. The van der Waals surface area contributed by atoms with Crippen LogP contribution in [0.25, 0.3) is 5.69 Å². The van der Waals surface area contributed by atoms with Crippen molar-refractivity contribution in [2.24, 2.45) is 0 Å². The third kappa shape index (κ3) is 3.85. The van der Waals surface area contributed by atoms with Crippen LogP contribution in [-0.2, 0) is 4.79 Å². The first-order valence-electron chi connectivity index (χ1n) is 9.49. The maximum atomic E-state index is 13.5. The number of ether oxygens (including phenoxy) is 1. The fourth-order valence-electron chi connectivity index (χ4n) is 3.55. The van der Waals surface area contributed by atoms with Crippen molar-refractivity contribution >= 4 is 11.8 Å². The molecule has 1 aliphatic rings. The maximum Gasteiger partial charge on any atom is 0.278 e. The summed E-state index contributed by atoms with van der Waals surface area (Å²) in [5, 5.41) is 7.35. The van der Waals surface area contributed by atoms with Crippen molar-refractivity contribution in [1.82, 2.24) is 20.0 Å². The van der Waals surface area contributed by atoms with E-state index < -0.39 is 0 Å². The number of nitrogens with one attached hydrogen (secondary N) is 1. The van der Waals surface area contributed by atoms with E-state index in [-0.39, 0.29) is 30.0 Å². The summed E-state index contributed by atoms with van der Waals surface area (Å²) >= 11 is 0. The largest absolute Gasteiger partial charge is 0.493 e. The molecule has 1 aliphatic heterocycles. The lowest BCUT2D eigenvalue weighted by Crippen LogP contribution is -2.37. The lowest BCUT2D eigenvalue weighted by molar-refractivity contribution is -0.121. The Bertz CT molecular complexity index is 1000. The van der Waals surface area contributed by atoms with E-state index in [4.69, 9.17) is 4.74 Å². The second kappa shape index (κ2) is 8.18. The van der Waals surface area contributed by atoms with Crippen molar-refractivity contribution in [2.75, 3.05) is 20.2 Å². The SMILES string of the molecule is COc1cn(-c2ccccc2)nc1C(=O)N1CCNC(=O)C[C@H]1c1ccccc1. The van der Waals surface area contributed by atoms with Crippen LogP contribution in [0.15, 0.2) is 66.9 Å². The predicted molar refractivity (Wildman–Crippen MR) is 108 cm³/mol. The highest BCUT2D eigenvalue weighted by atomic mass is 16.5. The van der Waals surface area contributed by atoms with E-state index in [1.54, 1.807) is 15.8 Å². The summed E-state index contributed by atoms with van der Waals surface area (Å²) in [7, 11) is 1.52. The molecule has 1 saturated heterocycles. The number of nitrogens with zero attached hydrogens (tertiary/aromatic N) is 3. The van der Waals surface area contributed by atoms with E-state index >= 15 is 0 Å². The van der Waals surface area contributed by atoms with Crippen LogP contribution in [0.4, 0.5) is 0 Å². The second-order valence-corrected chi connectivity index (χ2v) is 6.81. The van der Waals surface area contributed by atoms with E-state index in [2.05, 4.69) is 10.4 Å². The van der Waals surface area contributed by atoms with Gasteiger partial charge in [-0.2, -0.15) is 5.10 Å². The van der Waals surface area contributed by atoms with Gasteiger partial charge in [0.1, 0.15) is 0 Å². The number of amides is 2. The average molecular weight is 390 g/mol. The van der Waals surface area contributed by atoms with Gasteiger partial charge in [0, 0.05) is 13.1 Å². The smallest absolute Gasteiger partial charge is 0.278 e. The minimum Gasteiger partial charge on any atom is -0.493 e. The molecule has 2 amide bonds. The Morgan fingerprint density at radius 1 is 1.10 bits per heavy atom. The Balaban J connectivity index is 1.71. The van der Waals surface area contributed by atoms with Gasteiger partial charge in [0.05, 0.1) is 31.5 Å². The van der Waals surface area contributed by atoms with Crippen LogP contribution in [-0.4, -0.2) is 46.7 Å². The molecule has 0 unspecified atom stereocenters. The molecule has 1 atom stereocenters. The van der Waals surface area contributed by atoms with Crippen molar-refractivity contribution < 1.29 is 14.3 Å². The van der Waals surface area contributed by atoms with Crippen LogP contribution in [0.1, 0.15) is 28.5 Å². The molecule has 1 aromatic heterocycles. The second-order valence-electron chi connectivity index (χ2n) is 6.81. The zero-order valence-electron chi connectivity index (χ0n) is 16.1. The lowest BCUT2D eigenvalue weighted by Gasteiger charge is -2.29. The van der Waals surface area contributed by atoms with Gasteiger partial charge in [0.25, 0.3) is 5.91 Å². The topological polar surface area (TPSA) is 76.5 Å². The summed E-state index contributed by atoms with van der Waals surface area (Å²) < 4.78 is 7.07. The molecule has 0 aliphatic carbocycles. The van der Waals surface area contributed by atoms with Gasteiger partial charge < -0.3 is 15.0 Å². The van der Waals surface area contributed by atoms with E-state index in [0.717, 1.165) is 11.3 Å². The minimum absolute atomic E-state index is 0.0732. The molecule has 0 spiro atoms. The first-order valence-corrected chi connectivity index (χ1v) is 9.49. The molecule has 7 heteroatoms. The Morgan fingerprint density at radius 3 is 2.48 bits per heavy atom. The van der Waals surface area contributed by atoms with Crippen molar-refractivity contribution in [3.63, 3.8) is 0 Å². The molecule has 0 bridgehead atoms. The van der Waals surface area contributed by atoms with Crippen LogP contribution >= 0.6 is 0 Å². The highest BCUT2D eigenvalue weighted by Gasteiger charge is 2.33. The molecule has 7 nitrogen and oxygen atoms in total. The van der Waals surface area contributed by atoms with Crippen LogP contribution in [0.5, 0.6) is 5.75 Å². The highest BCUT2D eigenvalue weighted by molar-refractivity contribution is 5.96. The standard InChI is InChI=1S/C22H22N4O3/c1-29-19-15-26(17-10-6-3-7-11-17)24-21(19)22(28)25-13-12-23-20(27)14-18(25)16-8-4-2-5-9-16/h2-11,15,18H,12-14H2,1H3,(H,23,27)/t18-/m0/s1. The zero-order chi connectivity index (χ0) is 20.2. The number of hydrogen-bond donors (Lipinski definition) is 1. The Kier molecular flexibility index (Phi) is 5.29. The van der Waals surface area contributed by atoms with E-state index in [0.29, 0.717) is 18.8 Å². The summed E-state index contributed by atoms with van der Waals surface area (Å²) in [5.74, 6) is 0.0621. The average Bonchev–Trinajstić information content (AvgIpc) is 3.11. The van der Waals surface area contributed by atoms with Gasteiger partial charge in [-0.15, -0.1) is 0 Å². The maximum absolute atomic E-state index is 13.5. The third-order valence-electron chi connectivity index (χ3n) is 5.00. The quantitative estimate of drug-likeness (QED) is 0.743. The van der Waals surface area contributed by atoms with E-state index in [1.807, 2.05) is 60.7 Å². The van der Waals surface area contributed by atoms with E-state index in [9.17, 15) is 9.59 Å². The first kappa shape index (κ1) is 18.7. The molecule has 2 aromatic carbocycles. The molecular formula is C22H22N4O3. The van der Waals surface area contributed by atoms with Crippen molar-refractivity contribution in [3.8, 4) is 11.4 Å². The fraction of sp³-hybridized carbons (Fsp3) is 0.227. The summed E-state index contributed by atoms with van der Waals surface area (Å²) in [6.45, 7) is 0.793. The molecule has 29 heavy (non-hydrogen) atoms. The summed E-state index contributed by atoms with van der Waals surface area (Å²) in [4.78, 5) is 27.4. The predicted octanol–water partition coefficient (Wildman–Crippen LogP) is 2.58. The Labute approximate surface area is 168 Å². The zero-order valence-corrected chi connectivity index (χ0v) is 16.1. The number of aromatic nitrogens is 2. The van der Waals surface area contributed by atoms with Gasteiger partial charge in [-0.3, -0.25) is 9.59 Å². The molecule has 3 aromatic rings. The molecular weight excluding hydrogens is 368 g/mol. The first-order chi connectivity index (χ1) is 14.2. The van der Waals surface area contributed by atoms with Gasteiger partial charge in [0.15, 0.2) is 11.4 Å². The van der Waals surface area contributed by atoms with E-state index in [1.165, 1.54) is 7.11 Å². The number of para-hydroxylation sites is 1. The van der Waals surface area contributed by atoms with Gasteiger partial charge >= 0.3 is 0 Å². The molecule has 148 valence electrons.